The normalized spacial score (nSPS) is 9.57. The quantitative estimate of drug-likeness (QED) is 0.394. The van der Waals surface area contributed by atoms with Crippen LogP contribution in [0.5, 0.6) is 0 Å². The molecule has 40 valence electrons. The van der Waals surface area contributed by atoms with Crippen molar-refractivity contribution < 1.29 is 5.11 Å². The molecule has 1 nitrogen and oxygen atoms in total. The molecular weight excluding hydrogens is 134 g/mol. The van der Waals surface area contributed by atoms with Gasteiger partial charge in [0.25, 0.3) is 0 Å². The zero-order valence-electron chi connectivity index (χ0n) is 5.52. The monoisotopic (exact) mass is 146 g/mol. The Kier molecular flexibility index (Phi) is 10.3. The second kappa shape index (κ2) is 6.15. The minimum absolute atomic E-state index is 0.500. The summed E-state index contributed by atoms with van der Waals surface area (Å²) in [5.74, 6) is 0. The van der Waals surface area contributed by atoms with Crippen LogP contribution in [0.1, 0.15) is 20.8 Å². The van der Waals surface area contributed by atoms with Crippen LogP contribution < -0.4 is 0 Å². The first kappa shape index (κ1) is 11.8. The fraction of sp³-hybridized carbons (Fsp3) is 1.00. The molecule has 0 radical (unpaired) electrons. The molecule has 1 unspecified atom stereocenters. The average molecular weight is 146 g/mol. The maximum atomic E-state index is 8.52. The first-order chi connectivity index (χ1) is 3.00. The van der Waals surface area contributed by atoms with Crippen molar-refractivity contribution in [1.82, 2.24) is 0 Å². The van der Waals surface area contributed by atoms with Crippen molar-refractivity contribution in [3.63, 3.8) is 0 Å². The van der Waals surface area contributed by atoms with Gasteiger partial charge in [-0.3, -0.25) is 0 Å². The third-order valence-corrected chi connectivity index (χ3v) is 0. The Morgan fingerprint density at radius 2 is 1.29 bits per heavy atom. The fourth-order valence-corrected chi connectivity index (χ4v) is 0. The molecule has 0 bridgehead atoms. The van der Waals surface area contributed by atoms with E-state index in [0.29, 0.717) is 0 Å². The van der Waals surface area contributed by atoms with Crippen LogP contribution in [0.15, 0.2) is 0 Å². The summed E-state index contributed by atoms with van der Waals surface area (Å²) in [5.41, 5.74) is -0.500. The Morgan fingerprint density at radius 1 is 1.29 bits per heavy atom. The first-order valence-electron chi connectivity index (χ1n) is 2.30. The van der Waals surface area contributed by atoms with E-state index >= 15 is 0 Å². The molecule has 1 N–H and O–H groups in total. The second-order valence-corrected chi connectivity index (χ2v) is 2.17. The second-order valence-electron chi connectivity index (χ2n) is 2.17. The summed E-state index contributed by atoms with van der Waals surface area (Å²) >= 11 is 0.979. The zero-order chi connectivity index (χ0) is 6.50. The van der Waals surface area contributed by atoms with Gasteiger partial charge in [0.1, 0.15) is 0 Å². The van der Waals surface area contributed by atoms with Gasteiger partial charge >= 0.3 is 50.4 Å². The molecule has 0 fully saturated rings. The van der Waals surface area contributed by atoms with Crippen LogP contribution in [0.4, 0.5) is 0 Å². The van der Waals surface area contributed by atoms with Gasteiger partial charge in [0, 0.05) is 0 Å². The van der Waals surface area contributed by atoms with Gasteiger partial charge in [-0.15, -0.1) is 0 Å². The van der Waals surface area contributed by atoms with E-state index in [2.05, 4.69) is 2.32 Å². The molecule has 0 heterocycles. The maximum absolute atomic E-state index is 8.52. The minimum atomic E-state index is -0.500. The molecule has 0 aliphatic carbocycles. The van der Waals surface area contributed by atoms with E-state index in [1.807, 2.05) is 0 Å². The van der Waals surface area contributed by atoms with Crippen LogP contribution >= 0.6 is 2.32 Å². The molecule has 0 aliphatic rings. The molecule has 0 spiro atoms. The van der Waals surface area contributed by atoms with Crippen molar-refractivity contribution in [2.75, 3.05) is 0 Å². The number of hydrogen-bond acceptors (Lipinski definition) is 1. The van der Waals surface area contributed by atoms with Crippen LogP contribution in [0.25, 0.3) is 0 Å². The molecule has 0 amide bonds. The number of rotatable bonds is 0. The molecule has 0 rings (SSSR count). The molecule has 7 heavy (non-hydrogen) atoms. The zero-order valence-corrected chi connectivity index (χ0v) is 9.80. The molecule has 0 saturated carbocycles. The Morgan fingerprint density at radius 3 is 1.29 bits per heavy atom. The van der Waals surface area contributed by atoms with Crippen molar-refractivity contribution >= 4 is 50.4 Å². The standard InChI is InChI=1S/C4H10O.K.H2P/c1-4(2,3)5;;/h5H,1-3H3;;1H2/q;+1;-1. The first-order valence-corrected chi connectivity index (χ1v) is 8.87. The van der Waals surface area contributed by atoms with Crippen LogP contribution in [0, 0.1) is 0 Å². The van der Waals surface area contributed by atoms with E-state index in [0.717, 1.165) is 48.1 Å². The van der Waals surface area contributed by atoms with Gasteiger partial charge in [-0.1, -0.05) is 0 Å². The van der Waals surface area contributed by atoms with Crippen molar-refractivity contribution in [1.29, 1.82) is 0 Å². The van der Waals surface area contributed by atoms with Gasteiger partial charge in [0.05, 0.1) is 5.60 Å². The van der Waals surface area contributed by atoms with Crippen molar-refractivity contribution in [2.24, 2.45) is 0 Å². The van der Waals surface area contributed by atoms with E-state index < -0.39 is 5.60 Å². The molecule has 1 atom stereocenters. The fourth-order valence-electron chi connectivity index (χ4n) is 0. The van der Waals surface area contributed by atoms with Gasteiger partial charge < -0.3 is 5.11 Å². The summed E-state index contributed by atoms with van der Waals surface area (Å²) in [6.07, 6.45) is 0. The van der Waals surface area contributed by atoms with E-state index in [9.17, 15) is 0 Å². The van der Waals surface area contributed by atoms with Crippen LogP contribution in [0.2, 0.25) is 0 Å². The molecular formula is C4H12KOP. The molecule has 3 heteroatoms. The van der Waals surface area contributed by atoms with Crippen LogP contribution in [-0.2, 0) is 0 Å². The van der Waals surface area contributed by atoms with E-state index in [1.54, 1.807) is 20.8 Å². The number of aliphatic hydroxyl groups is 1. The predicted molar refractivity (Wildman–Crippen MR) is 37.4 cm³/mol. The SMILES string of the molecule is CC(C)(C)O.[PH2][K]. The Labute approximate surface area is 80.4 Å². The van der Waals surface area contributed by atoms with Gasteiger partial charge in [-0.25, -0.2) is 0 Å². The van der Waals surface area contributed by atoms with Crippen molar-refractivity contribution in [3.8, 4) is 0 Å². The van der Waals surface area contributed by atoms with E-state index in [1.165, 1.54) is 0 Å². The Hall–Kier alpha value is 2.03. The topological polar surface area (TPSA) is 20.2 Å². The van der Waals surface area contributed by atoms with Gasteiger partial charge in [0.15, 0.2) is 0 Å². The van der Waals surface area contributed by atoms with E-state index in [-0.39, 0.29) is 0 Å². The van der Waals surface area contributed by atoms with E-state index in [4.69, 9.17) is 5.11 Å². The number of hydrogen-bond donors (Lipinski definition) is 1. The predicted octanol–water partition coefficient (Wildman–Crippen LogP) is 0.722. The molecule has 0 saturated heterocycles. The van der Waals surface area contributed by atoms with Gasteiger partial charge in [-0.05, 0) is 20.8 Å². The molecule has 0 aromatic carbocycles. The molecule has 0 aliphatic heterocycles. The molecule has 0 aromatic heterocycles. The third-order valence-electron chi connectivity index (χ3n) is 0. The summed E-state index contributed by atoms with van der Waals surface area (Å²) in [7, 11) is 0. The van der Waals surface area contributed by atoms with Crippen LogP contribution in [-0.4, -0.2) is 58.8 Å². The average Bonchev–Trinajstić information content (AvgIpc) is 1.36. The third kappa shape index (κ3) is 71.0. The van der Waals surface area contributed by atoms with Crippen molar-refractivity contribution in [3.05, 3.63) is 0 Å². The Bertz CT molecular complexity index is 27.2. The molecule has 0 aromatic rings. The summed E-state index contributed by atoms with van der Waals surface area (Å²) in [6, 6.07) is 0. The summed E-state index contributed by atoms with van der Waals surface area (Å²) < 4.78 is 2.60. The van der Waals surface area contributed by atoms with Gasteiger partial charge in [-0.2, -0.15) is 0 Å². The Balaban J connectivity index is 0. The van der Waals surface area contributed by atoms with Crippen LogP contribution in [0.3, 0.4) is 0 Å². The summed E-state index contributed by atoms with van der Waals surface area (Å²) in [4.78, 5) is 0. The van der Waals surface area contributed by atoms with Gasteiger partial charge in [0.2, 0.25) is 0 Å². The summed E-state index contributed by atoms with van der Waals surface area (Å²) in [6.45, 7) is 5.23. The summed E-state index contributed by atoms with van der Waals surface area (Å²) in [5, 5.41) is 8.52. The van der Waals surface area contributed by atoms with Crippen molar-refractivity contribution in [2.45, 2.75) is 26.4 Å².